The number of hydrogen-bond acceptors (Lipinski definition) is 8. The summed E-state index contributed by atoms with van der Waals surface area (Å²) in [5.41, 5.74) is 1.20. The van der Waals surface area contributed by atoms with Gasteiger partial charge in [-0.05, 0) is 60.4 Å². The molecule has 2 saturated heterocycles. The van der Waals surface area contributed by atoms with Crippen molar-refractivity contribution in [3.8, 4) is 11.5 Å². The van der Waals surface area contributed by atoms with Crippen LogP contribution in [0.1, 0.15) is 46.3 Å². The molecule has 42 heavy (non-hydrogen) atoms. The maximum Gasteiger partial charge on any atom is 0.290 e. The van der Waals surface area contributed by atoms with Crippen molar-refractivity contribution < 1.29 is 37.3 Å². The Kier molecular flexibility index (Phi) is 8.68. The molecule has 0 unspecified atom stereocenters. The van der Waals surface area contributed by atoms with Crippen molar-refractivity contribution in [2.45, 2.75) is 38.1 Å². The minimum Gasteiger partial charge on any atom is -0.455 e. The van der Waals surface area contributed by atoms with Gasteiger partial charge in [0.05, 0.1) is 25.9 Å². The van der Waals surface area contributed by atoms with Gasteiger partial charge in [0, 0.05) is 32.8 Å². The third-order valence-corrected chi connectivity index (χ3v) is 7.68. The summed E-state index contributed by atoms with van der Waals surface area (Å²) in [6.45, 7) is 4.53. The lowest BCUT2D eigenvalue weighted by molar-refractivity contribution is -0.126. The average Bonchev–Trinajstić information content (AvgIpc) is 3.79. The van der Waals surface area contributed by atoms with E-state index in [1.807, 2.05) is 6.07 Å². The van der Waals surface area contributed by atoms with E-state index in [0.29, 0.717) is 55.7 Å². The van der Waals surface area contributed by atoms with E-state index in [0.717, 1.165) is 31.5 Å². The van der Waals surface area contributed by atoms with Crippen LogP contribution in [-0.4, -0.2) is 74.0 Å². The number of ether oxygens (including phenoxy) is 4. The van der Waals surface area contributed by atoms with E-state index in [-0.39, 0.29) is 25.2 Å². The molecule has 2 fully saturated rings. The number of nitrogens with one attached hydrogen (secondary N) is 1. The van der Waals surface area contributed by atoms with Crippen LogP contribution in [0.5, 0.6) is 11.5 Å². The number of furan rings is 1. The van der Waals surface area contributed by atoms with Crippen molar-refractivity contribution in [1.82, 2.24) is 15.1 Å². The minimum absolute atomic E-state index is 0.0599. The van der Waals surface area contributed by atoms with E-state index in [4.69, 9.17) is 23.4 Å². The molecule has 222 valence electrons. The predicted octanol–water partition coefficient (Wildman–Crippen LogP) is 3.66. The van der Waals surface area contributed by atoms with E-state index in [1.54, 1.807) is 24.3 Å². The fraction of sp³-hybridized carbons (Fsp3) is 0.419. The van der Waals surface area contributed by atoms with Gasteiger partial charge < -0.3 is 33.6 Å². The molecule has 3 aromatic rings. The Balaban J connectivity index is 1.31. The summed E-state index contributed by atoms with van der Waals surface area (Å²) in [5.74, 6) is 0.618. The number of hydrogen-bond donors (Lipinski definition) is 1. The van der Waals surface area contributed by atoms with Gasteiger partial charge in [-0.1, -0.05) is 18.2 Å². The van der Waals surface area contributed by atoms with Gasteiger partial charge in [-0.2, -0.15) is 0 Å². The zero-order valence-corrected chi connectivity index (χ0v) is 23.3. The first-order valence-electron chi connectivity index (χ1n) is 14.3. The van der Waals surface area contributed by atoms with Gasteiger partial charge in [-0.25, -0.2) is 4.39 Å². The van der Waals surface area contributed by atoms with Gasteiger partial charge in [0.15, 0.2) is 17.3 Å². The predicted molar refractivity (Wildman–Crippen MR) is 148 cm³/mol. The maximum atomic E-state index is 14.2. The van der Waals surface area contributed by atoms with E-state index in [1.165, 1.54) is 29.2 Å². The second-order valence-corrected chi connectivity index (χ2v) is 10.6. The Hall–Kier alpha value is -3.93. The number of fused-ring (bicyclic) bond motifs is 1. The van der Waals surface area contributed by atoms with Crippen molar-refractivity contribution in [2.75, 3.05) is 46.2 Å². The molecule has 6 rings (SSSR count). The number of benzene rings is 2. The van der Waals surface area contributed by atoms with Crippen LogP contribution in [0.15, 0.2) is 59.0 Å². The lowest BCUT2D eigenvalue weighted by Crippen LogP contribution is -2.45. The molecular formula is C31H34FN3O7. The Morgan fingerprint density at radius 3 is 2.60 bits per heavy atom. The van der Waals surface area contributed by atoms with E-state index in [9.17, 15) is 14.0 Å². The van der Waals surface area contributed by atoms with Crippen LogP contribution < -0.4 is 14.8 Å². The minimum atomic E-state index is -1.07. The lowest BCUT2D eigenvalue weighted by Gasteiger charge is -2.31. The first-order chi connectivity index (χ1) is 20.5. The largest absolute Gasteiger partial charge is 0.455 e. The maximum absolute atomic E-state index is 14.2. The van der Waals surface area contributed by atoms with Crippen molar-refractivity contribution in [1.29, 1.82) is 0 Å². The quantitative estimate of drug-likeness (QED) is 0.389. The van der Waals surface area contributed by atoms with Crippen LogP contribution in [0, 0.1) is 5.82 Å². The molecule has 2 atom stereocenters. The van der Waals surface area contributed by atoms with E-state index >= 15 is 0 Å². The Morgan fingerprint density at radius 2 is 1.81 bits per heavy atom. The number of carbonyl (C=O) groups excluding carboxylic acids is 2. The van der Waals surface area contributed by atoms with Crippen molar-refractivity contribution >= 4 is 11.8 Å². The van der Waals surface area contributed by atoms with Crippen LogP contribution in [-0.2, 0) is 27.4 Å². The Morgan fingerprint density at radius 1 is 1.00 bits per heavy atom. The van der Waals surface area contributed by atoms with Gasteiger partial charge in [0.25, 0.3) is 5.91 Å². The fourth-order valence-electron chi connectivity index (χ4n) is 5.45. The number of rotatable bonds is 10. The zero-order chi connectivity index (χ0) is 28.9. The first-order valence-corrected chi connectivity index (χ1v) is 14.3. The van der Waals surface area contributed by atoms with Gasteiger partial charge in [-0.3, -0.25) is 14.5 Å². The fourth-order valence-corrected chi connectivity index (χ4v) is 5.45. The van der Waals surface area contributed by atoms with Crippen molar-refractivity contribution in [3.63, 3.8) is 0 Å². The molecule has 11 heteroatoms. The van der Waals surface area contributed by atoms with Crippen LogP contribution in [0.4, 0.5) is 4.39 Å². The third-order valence-electron chi connectivity index (χ3n) is 7.68. The summed E-state index contributed by atoms with van der Waals surface area (Å²) >= 11 is 0. The number of amides is 2. The summed E-state index contributed by atoms with van der Waals surface area (Å²) in [7, 11) is 0. The van der Waals surface area contributed by atoms with Gasteiger partial charge in [0.2, 0.25) is 12.7 Å². The number of nitrogens with zero attached hydrogens (tertiary/aromatic N) is 2. The molecule has 1 aromatic heterocycles. The molecule has 3 aliphatic heterocycles. The first kappa shape index (κ1) is 28.2. The highest BCUT2D eigenvalue weighted by Gasteiger charge is 2.34. The topological polar surface area (TPSA) is 103 Å². The monoisotopic (exact) mass is 579 g/mol. The molecular weight excluding hydrogens is 545 g/mol. The standard InChI is InChI=1S/C31H34FN3O7/c32-23-6-4-22(5-7-23)29(30(36)33-17-24-2-1-13-39-24)35(18-21-3-9-26-28(16-21)41-20-40-26)31(37)27-10-8-25(42-27)19-34-11-14-38-15-12-34/h3-10,16,24,29H,1-2,11-15,17-20H2,(H,33,36)/t24-,29-/m1/s1. The van der Waals surface area contributed by atoms with Crippen molar-refractivity contribution in [2.24, 2.45) is 0 Å². The molecule has 1 N–H and O–H groups in total. The van der Waals surface area contributed by atoms with Crippen LogP contribution in [0.2, 0.25) is 0 Å². The highest BCUT2D eigenvalue weighted by atomic mass is 19.1. The Labute approximate surface area is 243 Å². The molecule has 0 bridgehead atoms. The van der Waals surface area contributed by atoms with Gasteiger partial charge >= 0.3 is 0 Å². The summed E-state index contributed by atoms with van der Waals surface area (Å²) < 4.78 is 42.1. The summed E-state index contributed by atoms with van der Waals surface area (Å²) in [6, 6.07) is 13.4. The summed E-state index contributed by atoms with van der Waals surface area (Å²) in [5, 5.41) is 2.97. The Bertz CT molecular complexity index is 1380. The van der Waals surface area contributed by atoms with Crippen LogP contribution in [0.25, 0.3) is 0 Å². The highest BCUT2D eigenvalue weighted by Crippen LogP contribution is 2.34. The number of morpholine rings is 1. The van der Waals surface area contributed by atoms with E-state index in [2.05, 4.69) is 10.2 Å². The van der Waals surface area contributed by atoms with Crippen molar-refractivity contribution in [3.05, 3.63) is 83.1 Å². The smallest absolute Gasteiger partial charge is 0.290 e. The number of carbonyl (C=O) groups is 2. The molecule has 0 radical (unpaired) electrons. The molecule has 3 aliphatic rings. The molecule has 0 spiro atoms. The molecule has 2 amide bonds. The van der Waals surface area contributed by atoms with Gasteiger partial charge in [0.1, 0.15) is 17.6 Å². The van der Waals surface area contributed by atoms with Crippen LogP contribution in [0.3, 0.4) is 0 Å². The summed E-state index contributed by atoms with van der Waals surface area (Å²) in [6.07, 6.45) is 1.69. The lowest BCUT2D eigenvalue weighted by atomic mass is 10.0. The van der Waals surface area contributed by atoms with E-state index < -0.39 is 23.7 Å². The second kappa shape index (κ2) is 12.9. The second-order valence-electron chi connectivity index (χ2n) is 10.6. The highest BCUT2D eigenvalue weighted by molar-refractivity contribution is 5.96. The third kappa shape index (κ3) is 6.59. The van der Waals surface area contributed by atoms with Crippen LogP contribution >= 0.6 is 0 Å². The molecule has 10 nitrogen and oxygen atoms in total. The molecule has 2 aromatic carbocycles. The SMILES string of the molecule is O=C(NC[C@H]1CCCO1)[C@@H](c1ccc(F)cc1)N(Cc1ccc2c(c1)OCO2)C(=O)c1ccc(CN2CCOCC2)o1. The van der Waals surface area contributed by atoms with Gasteiger partial charge in [-0.15, -0.1) is 0 Å². The molecule has 0 saturated carbocycles. The zero-order valence-electron chi connectivity index (χ0n) is 23.3. The molecule has 4 heterocycles. The molecule has 0 aliphatic carbocycles. The normalized spacial score (nSPS) is 19.0. The number of halogens is 1. The average molecular weight is 580 g/mol. The summed E-state index contributed by atoms with van der Waals surface area (Å²) in [4.78, 5) is 31.7.